The Kier molecular flexibility index (Phi) is 5.01. The van der Waals surface area contributed by atoms with Crippen molar-refractivity contribution in [2.24, 2.45) is 23.7 Å². The molecule has 1 amide bonds. The molecule has 1 saturated heterocycles. The zero-order valence-electron chi connectivity index (χ0n) is 16.5. The maximum Gasteiger partial charge on any atom is 0.236 e. The highest BCUT2D eigenvalue weighted by atomic mass is 32.3. The van der Waals surface area contributed by atoms with Gasteiger partial charge in [0.2, 0.25) is 5.91 Å². The van der Waals surface area contributed by atoms with E-state index in [1.54, 1.807) is 12.1 Å². The van der Waals surface area contributed by atoms with E-state index in [0.717, 1.165) is 11.8 Å². The average Bonchev–Trinajstić information content (AvgIpc) is 2.65. The van der Waals surface area contributed by atoms with Crippen molar-refractivity contribution >= 4 is 22.6 Å². The smallest absolute Gasteiger partial charge is 0.236 e. The van der Waals surface area contributed by atoms with E-state index in [1.807, 2.05) is 0 Å². The van der Waals surface area contributed by atoms with Crippen molar-refractivity contribution in [2.75, 3.05) is 23.9 Å². The van der Waals surface area contributed by atoms with Crippen molar-refractivity contribution in [2.45, 2.75) is 44.6 Å². The molecule has 4 aliphatic carbocycles. The molecule has 0 atom stereocenters. The Balaban J connectivity index is 1.25. The second-order valence-corrected chi connectivity index (χ2v) is 11.2. The summed E-state index contributed by atoms with van der Waals surface area (Å²) in [6.07, 6.45) is 6.96. The van der Waals surface area contributed by atoms with E-state index in [2.05, 4.69) is 5.32 Å². The molecule has 1 heterocycles. The van der Waals surface area contributed by atoms with Crippen molar-refractivity contribution < 1.29 is 18.3 Å². The van der Waals surface area contributed by atoms with Crippen LogP contribution in [0.15, 0.2) is 24.3 Å². The predicted molar refractivity (Wildman–Crippen MR) is 112 cm³/mol. The minimum atomic E-state index is -3.35. The van der Waals surface area contributed by atoms with Gasteiger partial charge in [0.1, 0.15) is 5.82 Å². The molecule has 5 aliphatic rings. The molecular weight excluding hydrogens is 393 g/mol. The minimum Gasteiger partial charge on any atom is -0.352 e. The Morgan fingerprint density at radius 3 is 2.45 bits per heavy atom. The maximum atomic E-state index is 13.6. The molecule has 1 aromatic carbocycles. The zero-order valence-corrected chi connectivity index (χ0v) is 17.4. The van der Waals surface area contributed by atoms with Crippen molar-refractivity contribution in [3.63, 3.8) is 0 Å². The lowest BCUT2D eigenvalue weighted by atomic mass is 9.54. The second kappa shape index (κ2) is 7.41. The fourth-order valence-corrected chi connectivity index (χ4v) is 8.11. The fourth-order valence-electron chi connectivity index (χ4n) is 6.40. The highest BCUT2D eigenvalue weighted by Crippen LogP contribution is 2.54. The first-order valence-electron chi connectivity index (χ1n) is 10.8. The molecule has 6 rings (SSSR count). The van der Waals surface area contributed by atoms with Gasteiger partial charge in [0, 0.05) is 19.1 Å². The first kappa shape index (κ1) is 19.6. The van der Waals surface area contributed by atoms with Crippen LogP contribution >= 0.6 is 11.0 Å². The minimum absolute atomic E-state index is 0.0447. The number of halogens is 1. The standard InChI is InChI=1S/C21H30FN3O3S/c22-18-3-1-4-19(12-18)25-6-2-5-24(29(25,27)28)13-20(26)23-21-16-8-14-7-15(10-16)11-17(21)9-14/h1,3-4,12,14-17,21,27-28H,2,5-11,13H2,(H,23,26). The first-order valence-corrected chi connectivity index (χ1v) is 12.2. The molecule has 5 fully saturated rings. The number of hydrogen-bond donors (Lipinski definition) is 3. The molecule has 4 bridgehead atoms. The summed E-state index contributed by atoms with van der Waals surface area (Å²) in [4.78, 5) is 12.8. The van der Waals surface area contributed by atoms with Crippen LogP contribution in [0.3, 0.4) is 0 Å². The van der Waals surface area contributed by atoms with Gasteiger partial charge in [0.25, 0.3) is 0 Å². The third kappa shape index (κ3) is 3.65. The van der Waals surface area contributed by atoms with Gasteiger partial charge in [-0.3, -0.25) is 18.2 Å². The monoisotopic (exact) mass is 423 g/mol. The Hall–Kier alpha value is -1.35. The Morgan fingerprint density at radius 1 is 1.10 bits per heavy atom. The molecule has 0 spiro atoms. The zero-order chi connectivity index (χ0) is 20.2. The molecule has 3 N–H and O–H groups in total. The van der Waals surface area contributed by atoms with E-state index >= 15 is 0 Å². The van der Waals surface area contributed by atoms with Crippen LogP contribution in [-0.2, 0) is 4.79 Å². The van der Waals surface area contributed by atoms with E-state index < -0.39 is 16.8 Å². The largest absolute Gasteiger partial charge is 0.352 e. The fraction of sp³-hybridized carbons (Fsp3) is 0.667. The van der Waals surface area contributed by atoms with E-state index in [1.165, 1.54) is 52.8 Å². The topological polar surface area (TPSA) is 76.0 Å². The summed E-state index contributed by atoms with van der Waals surface area (Å²) in [5, 5.41) is 3.24. The van der Waals surface area contributed by atoms with Crippen LogP contribution in [0.5, 0.6) is 0 Å². The van der Waals surface area contributed by atoms with Crippen molar-refractivity contribution in [1.29, 1.82) is 0 Å². The summed E-state index contributed by atoms with van der Waals surface area (Å²) in [6.45, 7) is 0.805. The molecule has 1 aliphatic heterocycles. The molecule has 1 aromatic rings. The van der Waals surface area contributed by atoms with Crippen molar-refractivity contribution in [3.8, 4) is 0 Å². The molecule has 0 aromatic heterocycles. The molecule has 6 nitrogen and oxygen atoms in total. The highest BCUT2D eigenvalue weighted by Gasteiger charge is 2.48. The molecular formula is C21H30FN3O3S. The van der Waals surface area contributed by atoms with Crippen molar-refractivity contribution in [1.82, 2.24) is 9.62 Å². The number of carbonyl (C=O) groups is 1. The van der Waals surface area contributed by atoms with Gasteiger partial charge < -0.3 is 5.32 Å². The highest BCUT2D eigenvalue weighted by molar-refractivity contribution is 8.23. The third-order valence-corrected chi connectivity index (χ3v) is 9.37. The number of carbonyl (C=O) groups excluding carboxylic acids is 1. The lowest BCUT2D eigenvalue weighted by molar-refractivity contribution is -0.125. The van der Waals surface area contributed by atoms with Gasteiger partial charge in [-0.05, 0) is 80.4 Å². The maximum absolute atomic E-state index is 13.6. The quantitative estimate of drug-likeness (QED) is 0.686. The molecule has 29 heavy (non-hydrogen) atoms. The normalized spacial score (nSPS) is 36.8. The Bertz CT molecular complexity index is 764. The van der Waals surface area contributed by atoms with Gasteiger partial charge >= 0.3 is 0 Å². The number of nitrogens with one attached hydrogen (secondary N) is 1. The number of benzene rings is 1. The second-order valence-electron chi connectivity index (χ2n) is 9.31. The summed E-state index contributed by atoms with van der Waals surface area (Å²) in [7, 11) is -3.35. The number of rotatable bonds is 4. The van der Waals surface area contributed by atoms with E-state index in [9.17, 15) is 18.3 Å². The number of hydrogen-bond acceptors (Lipinski definition) is 5. The van der Waals surface area contributed by atoms with Crippen LogP contribution < -0.4 is 9.62 Å². The van der Waals surface area contributed by atoms with Crippen LogP contribution in [0.4, 0.5) is 10.1 Å². The molecule has 160 valence electrons. The van der Waals surface area contributed by atoms with Crippen LogP contribution in [0.2, 0.25) is 0 Å². The number of nitrogens with zero attached hydrogens (tertiary/aromatic N) is 2. The molecule has 0 radical (unpaired) electrons. The summed E-state index contributed by atoms with van der Waals surface area (Å²) in [5.41, 5.74) is 0.427. The van der Waals surface area contributed by atoms with Crippen LogP contribution in [0.1, 0.15) is 38.5 Å². The Labute approximate surface area is 173 Å². The van der Waals surface area contributed by atoms with E-state index in [4.69, 9.17) is 0 Å². The van der Waals surface area contributed by atoms with E-state index in [0.29, 0.717) is 37.0 Å². The first-order chi connectivity index (χ1) is 13.9. The van der Waals surface area contributed by atoms with Gasteiger partial charge in [-0.15, -0.1) is 0 Å². The number of anilines is 1. The summed E-state index contributed by atoms with van der Waals surface area (Å²) in [6, 6.07) is 6.08. The van der Waals surface area contributed by atoms with Crippen molar-refractivity contribution in [3.05, 3.63) is 30.1 Å². The van der Waals surface area contributed by atoms with Crippen LogP contribution in [-0.4, -0.2) is 45.0 Å². The summed E-state index contributed by atoms with van der Waals surface area (Å²) < 4.78 is 38.3. The Morgan fingerprint density at radius 2 is 1.79 bits per heavy atom. The SMILES string of the molecule is O=C(CN1CCCN(c2cccc(F)c2)S1(O)O)NC1C2CC3CC(C2)CC1C3. The lowest BCUT2D eigenvalue weighted by Gasteiger charge is -2.55. The molecule has 4 saturated carbocycles. The number of amides is 1. The third-order valence-electron chi connectivity index (χ3n) is 7.38. The summed E-state index contributed by atoms with van der Waals surface area (Å²) in [5.74, 6) is 2.30. The predicted octanol–water partition coefficient (Wildman–Crippen LogP) is 3.86. The van der Waals surface area contributed by atoms with Gasteiger partial charge in [-0.25, -0.2) is 4.39 Å². The summed E-state index contributed by atoms with van der Waals surface area (Å²) >= 11 is 0. The average molecular weight is 424 g/mol. The van der Waals surface area contributed by atoms with E-state index in [-0.39, 0.29) is 18.5 Å². The lowest BCUT2D eigenvalue weighted by Crippen LogP contribution is -2.57. The van der Waals surface area contributed by atoms with Crippen LogP contribution in [0.25, 0.3) is 0 Å². The molecule has 8 heteroatoms. The van der Waals surface area contributed by atoms with Gasteiger partial charge in [-0.2, -0.15) is 4.31 Å². The van der Waals surface area contributed by atoms with Gasteiger partial charge in [-0.1, -0.05) is 17.0 Å². The van der Waals surface area contributed by atoms with Gasteiger partial charge in [0.05, 0.1) is 12.2 Å². The van der Waals surface area contributed by atoms with Gasteiger partial charge in [0.15, 0.2) is 0 Å². The molecule has 0 unspecified atom stereocenters. The van der Waals surface area contributed by atoms with Crippen LogP contribution in [0, 0.1) is 29.5 Å².